The zero-order valence-electron chi connectivity index (χ0n) is 15.2. The van der Waals surface area contributed by atoms with Crippen molar-refractivity contribution in [3.8, 4) is 0 Å². The van der Waals surface area contributed by atoms with Gasteiger partial charge in [0.15, 0.2) is 0 Å². The third-order valence-corrected chi connectivity index (χ3v) is 4.26. The normalized spacial score (nSPS) is 10.7. The number of nitrogens with zero attached hydrogens (tertiary/aromatic N) is 1. The Morgan fingerprint density at radius 3 is 2.42 bits per heavy atom. The van der Waals surface area contributed by atoms with Crippen molar-refractivity contribution in [2.45, 2.75) is 27.2 Å². The first-order valence-corrected chi connectivity index (χ1v) is 8.63. The number of hydrogen-bond donors (Lipinski definition) is 1. The lowest BCUT2D eigenvalue weighted by molar-refractivity contribution is -0.120. The lowest BCUT2D eigenvalue weighted by Gasteiger charge is -2.24. The van der Waals surface area contributed by atoms with Crippen molar-refractivity contribution in [1.82, 2.24) is 5.43 Å². The maximum Gasteiger partial charge on any atom is 0.336 e. The van der Waals surface area contributed by atoms with E-state index in [1.54, 1.807) is 5.01 Å². The number of aryl methyl sites for hydroxylation is 2. The van der Waals surface area contributed by atoms with Crippen molar-refractivity contribution in [3.05, 3.63) is 75.6 Å². The summed E-state index contributed by atoms with van der Waals surface area (Å²) in [6.07, 6.45) is 0.105. The van der Waals surface area contributed by atoms with Crippen molar-refractivity contribution >= 4 is 22.6 Å². The van der Waals surface area contributed by atoms with Crippen LogP contribution < -0.4 is 16.1 Å². The Kier molecular flexibility index (Phi) is 5.07. The van der Waals surface area contributed by atoms with Crippen LogP contribution in [0.4, 0.5) is 5.69 Å². The number of hydrazine groups is 1. The van der Waals surface area contributed by atoms with Gasteiger partial charge in [0, 0.05) is 18.0 Å². The molecule has 5 heteroatoms. The number of amides is 1. The van der Waals surface area contributed by atoms with Crippen LogP contribution in [-0.4, -0.2) is 12.5 Å². The van der Waals surface area contributed by atoms with Crippen LogP contribution in [0.3, 0.4) is 0 Å². The molecule has 0 bridgehead atoms. The van der Waals surface area contributed by atoms with E-state index in [1.807, 2.05) is 63.2 Å². The molecule has 2 aromatic carbocycles. The summed E-state index contributed by atoms with van der Waals surface area (Å²) in [6, 6.07) is 15.0. The molecule has 1 aromatic heterocycles. The fourth-order valence-electron chi connectivity index (χ4n) is 2.90. The molecule has 0 aliphatic carbocycles. The molecule has 0 unspecified atom stereocenters. The van der Waals surface area contributed by atoms with Crippen LogP contribution in [-0.2, 0) is 11.2 Å². The fraction of sp³-hybridized carbons (Fsp3) is 0.238. The van der Waals surface area contributed by atoms with Gasteiger partial charge >= 0.3 is 5.63 Å². The van der Waals surface area contributed by atoms with E-state index in [4.69, 9.17) is 4.42 Å². The van der Waals surface area contributed by atoms with E-state index >= 15 is 0 Å². The second-order valence-corrected chi connectivity index (χ2v) is 6.38. The predicted molar refractivity (Wildman–Crippen MR) is 103 cm³/mol. The molecule has 0 aliphatic rings. The molecule has 0 atom stereocenters. The third kappa shape index (κ3) is 3.94. The summed E-state index contributed by atoms with van der Waals surface area (Å²) in [5, 5.41) is 2.57. The van der Waals surface area contributed by atoms with Crippen LogP contribution in [0.15, 0.2) is 57.7 Å². The minimum atomic E-state index is -0.447. The van der Waals surface area contributed by atoms with Crippen molar-refractivity contribution in [3.63, 3.8) is 0 Å². The number of carbonyl (C=O) groups is 1. The minimum Gasteiger partial charge on any atom is -0.423 e. The monoisotopic (exact) mass is 350 g/mol. The Morgan fingerprint density at radius 1 is 1.04 bits per heavy atom. The minimum absolute atomic E-state index is 0.105. The van der Waals surface area contributed by atoms with Crippen LogP contribution in [0.2, 0.25) is 0 Å². The van der Waals surface area contributed by atoms with E-state index in [1.165, 1.54) is 6.07 Å². The highest BCUT2D eigenvalue weighted by molar-refractivity contribution is 5.88. The molecule has 1 amide bonds. The summed E-state index contributed by atoms with van der Waals surface area (Å²) in [7, 11) is 0. The van der Waals surface area contributed by atoms with E-state index in [0.29, 0.717) is 17.7 Å². The fourth-order valence-corrected chi connectivity index (χ4v) is 2.90. The zero-order chi connectivity index (χ0) is 18.7. The smallest absolute Gasteiger partial charge is 0.336 e. The zero-order valence-corrected chi connectivity index (χ0v) is 15.2. The summed E-state index contributed by atoms with van der Waals surface area (Å²) in [6.45, 7) is 6.55. The largest absolute Gasteiger partial charge is 0.423 e. The topological polar surface area (TPSA) is 62.6 Å². The number of carbonyl (C=O) groups excluding carboxylic acids is 1. The highest BCUT2D eigenvalue weighted by Gasteiger charge is 2.13. The Morgan fingerprint density at radius 2 is 1.73 bits per heavy atom. The maximum absolute atomic E-state index is 12.6. The van der Waals surface area contributed by atoms with Gasteiger partial charge in [0.05, 0.1) is 12.1 Å². The Labute approximate surface area is 152 Å². The lowest BCUT2D eigenvalue weighted by atomic mass is 10.1. The van der Waals surface area contributed by atoms with Gasteiger partial charge in [-0.1, -0.05) is 29.8 Å². The molecule has 0 fully saturated rings. The lowest BCUT2D eigenvalue weighted by Crippen LogP contribution is -2.43. The molecule has 0 spiro atoms. The molecular weight excluding hydrogens is 328 g/mol. The number of benzene rings is 2. The molecule has 0 aliphatic heterocycles. The molecule has 26 heavy (non-hydrogen) atoms. The molecule has 5 nitrogen and oxygen atoms in total. The first-order chi connectivity index (χ1) is 12.5. The van der Waals surface area contributed by atoms with E-state index < -0.39 is 5.63 Å². The average Bonchev–Trinajstić information content (AvgIpc) is 2.60. The van der Waals surface area contributed by atoms with Gasteiger partial charge in [-0.25, -0.2) is 4.79 Å². The molecule has 0 radical (unpaired) electrons. The van der Waals surface area contributed by atoms with Crippen LogP contribution in [0.5, 0.6) is 0 Å². The standard InChI is InChI=1S/C21H22N2O3/c1-4-23(17-8-5-14(2)6-9-17)22-20(24)12-16-13-21(25)26-19-11-15(3)7-10-18(16)19/h5-11,13H,4,12H2,1-3H3,(H,22,24). The third-order valence-electron chi connectivity index (χ3n) is 4.26. The Hall–Kier alpha value is -3.08. The van der Waals surface area contributed by atoms with Gasteiger partial charge in [0.2, 0.25) is 5.91 Å². The number of anilines is 1. The van der Waals surface area contributed by atoms with E-state index in [0.717, 1.165) is 22.2 Å². The highest BCUT2D eigenvalue weighted by Crippen LogP contribution is 2.19. The van der Waals surface area contributed by atoms with Crippen LogP contribution in [0.1, 0.15) is 23.6 Å². The van der Waals surface area contributed by atoms with Crippen molar-refractivity contribution in [2.24, 2.45) is 0 Å². The Bertz CT molecular complexity index is 990. The van der Waals surface area contributed by atoms with Crippen molar-refractivity contribution in [1.29, 1.82) is 0 Å². The summed E-state index contributed by atoms with van der Waals surface area (Å²) >= 11 is 0. The number of rotatable bonds is 5. The predicted octanol–water partition coefficient (Wildman–Crippen LogP) is 3.51. The number of nitrogens with one attached hydrogen (secondary N) is 1. The summed E-state index contributed by atoms with van der Waals surface area (Å²) in [5.41, 5.74) is 6.70. The molecule has 134 valence electrons. The number of fused-ring (bicyclic) bond motifs is 1. The Balaban J connectivity index is 1.82. The van der Waals surface area contributed by atoms with Gasteiger partial charge in [-0.15, -0.1) is 0 Å². The molecule has 0 saturated carbocycles. The molecule has 3 aromatic rings. The molecule has 1 heterocycles. The van der Waals surface area contributed by atoms with Crippen LogP contribution >= 0.6 is 0 Å². The summed E-state index contributed by atoms with van der Waals surface area (Å²) < 4.78 is 5.25. The highest BCUT2D eigenvalue weighted by atomic mass is 16.4. The molecule has 0 saturated heterocycles. The van der Waals surface area contributed by atoms with Crippen molar-refractivity contribution in [2.75, 3.05) is 11.6 Å². The quantitative estimate of drug-likeness (QED) is 0.565. The second kappa shape index (κ2) is 7.44. The average molecular weight is 350 g/mol. The summed E-state index contributed by atoms with van der Waals surface area (Å²) in [5.74, 6) is -0.181. The van der Waals surface area contributed by atoms with Gasteiger partial charge in [-0.05, 0) is 50.1 Å². The van der Waals surface area contributed by atoms with E-state index in [-0.39, 0.29) is 12.3 Å². The van der Waals surface area contributed by atoms with Crippen molar-refractivity contribution < 1.29 is 9.21 Å². The van der Waals surface area contributed by atoms with Gasteiger partial charge in [-0.2, -0.15) is 0 Å². The van der Waals surface area contributed by atoms with E-state index in [9.17, 15) is 9.59 Å². The maximum atomic E-state index is 12.6. The van der Waals surface area contributed by atoms with Gasteiger partial charge in [0.25, 0.3) is 0 Å². The van der Waals surface area contributed by atoms with Crippen LogP contribution in [0, 0.1) is 13.8 Å². The van der Waals surface area contributed by atoms with Gasteiger partial charge < -0.3 is 4.42 Å². The second-order valence-electron chi connectivity index (χ2n) is 6.38. The SMILES string of the molecule is CCN(NC(=O)Cc1cc(=O)oc2cc(C)ccc12)c1ccc(C)cc1. The van der Waals surface area contributed by atoms with Gasteiger partial charge in [0.1, 0.15) is 5.58 Å². The molecular formula is C21H22N2O3. The van der Waals surface area contributed by atoms with Crippen LogP contribution in [0.25, 0.3) is 11.0 Å². The molecule has 1 N–H and O–H groups in total. The first-order valence-electron chi connectivity index (χ1n) is 8.63. The number of hydrogen-bond acceptors (Lipinski definition) is 4. The first kappa shape index (κ1) is 17.7. The van der Waals surface area contributed by atoms with E-state index in [2.05, 4.69) is 5.43 Å². The summed E-state index contributed by atoms with van der Waals surface area (Å²) in [4.78, 5) is 24.4. The van der Waals surface area contributed by atoms with Gasteiger partial charge in [-0.3, -0.25) is 15.2 Å². The molecule has 3 rings (SSSR count).